The Morgan fingerprint density at radius 3 is 2.63 bits per heavy atom. The Kier molecular flexibility index (Phi) is 4.22. The van der Waals surface area contributed by atoms with E-state index in [1.807, 2.05) is 0 Å². The van der Waals surface area contributed by atoms with E-state index in [1.165, 1.54) is 19.2 Å². The number of hydrogen-bond acceptors (Lipinski definition) is 2. The molecule has 0 fully saturated rings. The summed E-state index contributed by atoms with van der Waals surface area (Å²) in [7, 11) is 1.53. The predicted molar refractivity (Wildman–Crippen MR) is 71.7 cm³/mol. The summed E-state index contributed by atoms with van der Waals surface area (Å²) in [6, 6.07) is 9.18. The van der Waals surface area contributed by atoms with E-state index >= 15 is 0 Å². The molecule has 19 heavy (non-hydrogen) atoms. The van der Waals surface area contributed by atoms with Crippen molar-refractivity contribution in [2.24, 2.45) is 0 Å². The average molecular weight is 284 g/mol. The molecule has 0 saturated heterocycles. The van der Waals surface area contributed by atoms with E-state index in [4.69, 9.17) is 16.3 Å². The lowest BCUT2D eigenvalue weighted by Crippen LogP contribution is -2.04. The molecule has 0 aliphatic rings. The molecule has 0 unspecified atom stereocenters. The summed E-state index contributed by atoms with van der Waals surface area (Å²) in [6.45, 7) is 0.239. The first-order chi connectivity index (χ1) is 9.13. The van der Waals surface area contributed by atoms with Crippen molar-refractivity contribution in [3.63, 3.8) is 0 Å². The van der Waals surface area contributed by atoms with E-state index in [0.717, 1.165) is 6.07 Å². The van der Waals surface area contributed by atoms with E-state index in [9.17, 15) is 8.78 Å². The highest BCUT2D eigenvalue weighted by Crippen LogP contribution is 2.27. The van der Waals surface area contributed by atoms with Gasteiger partial charge in [0.1, 0.15) is 5.75 Å². The third-order valence-electron chi connectivity index (χ3n) is 2.70. The van der Waals surface area contributed by atoms with Crippen molar-refractivity contribution in [3.8, 4) is 5.75 Å². The maximum atomic E-state index is 13.5. The fraction of sp³-hybridized carbons (Fsp3) is 0.143. The lowest BCUT2D eigenvalue weighted by atomic mass is 10.2. The van der Waals surface area contributed by atoms with E-state index in [2.05, 4.69) is 5.32 Å². The van der Waals surface area contributed by atoms with Crippen molar-refractivity contribution in [2.45, 2.75) is 6.54 Å². The minimum absolute atomic E-state index is 0.0852. The van der Waals surface area contributed by atoms with Gasteiger partial charge in [0.25, 0.3) is 0 Å². The van der Waals surface area contributed by atoms with Crippen molar-refractivity contribution >= 4 is 17.3 Å². The van der Waals surface area contributed by atoms with Crippen LogP contribution in [-0.4, -0.2) is 7.11 Å². The lowest BCUT2D eigenvalue weighted by Gasteiger charge is -2.12. The van der Waals surface area contributed by atoms with E-state index in [0.29, 0.717) is 16.3 Å². The Balaban J connectivity index is 2.21. The van der Waals surface area contributed by atoms with Gasteiger partial charge < -0.3 is 10.1 Å². The SMILES string of the molecule is COc1cccc(Cl)c1CNc1cccc(F)c1F. The molecule has 0 amide bonds. The number of anilines is 1. The van der Waals surface area contributed by atoms with Gasteiger partial charge in [0.2, 0.25) is 0 Å². The number of ether oxygens (including phenoxy) is 1. The van der Waals surface area contributed by atoms with E-state index in [1.54, 1.807) is 18.2 Å². The topological polar surface area (TPSA) is 21.3 Å². The molecule has 0 radical (unpaired) electrons. The van der Waals surface area contributed by atoms with Crippen LogP contribution < -0.4 is 10.1 Å². The molecule has 1 N–H and O–H groups in total. The maximum Gasteiger partial charge on any atom is 0.181 e. The Morgan fingerprint density at radius 1 is 1.16 bits per heavy atom. The average Bonchev–Trinajstić information content (AvgIpc) is 2.41. The van der Waals surface area contributed by atoms with Gasteiger partial charge in [-0.2, -0.15) is 0 Å². The molecule has 0 aromatic heterocycles. The quantitative estimate of drug-likeness (QED) is 0.906. The molecule has 0 aliphatic heterocycles. The Labute approximate surface area is 115 Å². The summed E-state index contributed by atoms with van der Waals surface area (Å²) >= 11 is 6.06. The van der Waals surface area contributed by atoms with Gasteiger partial charge in [-0.3, -0.25) is 0 Å². The summed E-state index contributed by atoms with van der Waals surface area (Å²) in [5.74, 6) is -1.21. The standard InChI is InChI=1S/C14H12ClF2NO/c1-19-13-7-2-4-10(15)9(13)8-18-12-6-3-5-11(16)14(12)17/h2-7,18H,8H2,1H3. The number of nitrogens with one attached hydrogen (secondary N) is 1. The van der Waals surface area contributed by atoms with Gasteiger partial charge in [0, 0.05) is 17.1 Å². The molecule has 2 aromatic rings. The fourth-order valence-corrected chi connectivity index (χ4v) is 1.96. The molecule has 0 heterocycles. The largest absolute Gasteiger partial charge is 0.496 e. The molecular weight excluding hydrogens is 272 g/mol. The first-order valence-electron chi connectivity index (χ1n) is 5.62. The van der Waals surface area contributed by atoms with Crippen LogP contribution in [0.5, 0.6) is 5.75 Å². The van der Waals surface area contributed by atoms with Gasteiger partial charge in [-0.05, 0) is 24.3 Å². The zero-order chi connectivity index (χ0) is 13.8. The predicted octanol–water partition coefficient (Wildman–Crippen LogP) is 4.24. The summed E-state index contributed by atoms with van der Waals surface area (Å²) < 4.78 is 31.7. The lowest BCUT2D eigenvalue weighted by molar-refractivity contribution is 0.410. The van der Waals surface area contributed by atoms with E-state index < -0.39 is 11.6 Å². The first kappa shape index (κ1) is 13.6. The number of rotatable bonds is 4. The molecule has 2 nitrogen and oxygen atoms in total. The van der Waals surface area contributed by atoms with Gasteiger partial charge in [-0.25, -0.2) is 8.78 Å². The summed E-state index contributed by atoms with van der Waals surface area (Å²) in [6.07, 6.45) is 0. The molecule has 0 aliphatic carbocycles. The van der Waals surface area contributed by atoms with Gasteiger partial charge in [0.05, 0.1) is 12.8 Å². The highest BCUT2D eigenvalue weighted by Gasteiger charge is 2.10. The highest BCUT2D eigenvalue weighted by molar-refractivity contribution is 6.31. The number of halogens is 3. The molecule has 0 atom stereocenters. The van der Waals surface area contributed by atoms with Crippen LogP contribution in [0.2, 0.25) is 5.02 Å². The van der Waals surface area contributed by atoms with Crippen molar-refractivity contribution < 1.29 is 13.5 Å². The van der Waals surface area contributed by atoms with Crippen molar-refractivity contribution in [2.75, 3.05) is 12.4 Å². The number of benzene rings is 2. The molecule has 2 aromatic carbocycles. The zero-order valence-corrected chi connectivity index (χ0v) is 11.0. The second-order valence-corrected chi connectivity index (χ2v) is 4.28. The van der Waals surface area contributed by atoms with Crippen LogP contribution in [0.3, 0.4) is 0 Å². The van der Waals surface area contributed by atoms with Crippen LogP contribution >= 0.6 is 11.6 Å². The van der Waals surface area contributed by atoms with Crippen LogP contribution in [-0.2, 0) is 6.54 Å². The summed E-state index contributed by atoms with van der Waals surface area (Å²) in [5, 5.41) is 3.31. The van der Waals surface area contributed by atoms with Crippen molar-refractivity contribution in [1.82, 2.24) is 0 Å². The van der Waals surface area contributed by atoms with Crippen molar-refractivity contribution in [3.05, 3.63) is 58.6 Å². The van der Waals surface area contributed by atoms with Crippen LogP contribution in [0.1, 0.15) is 5.56 Å². The van der Waals surface area contributed by atoms with Gasteiger partial charge in [-0.1, -0.05) is 23.7 Å². The summed E-state index contributed by atoms with van der Waals surface area (Å²) in [5.41, 5.74) is 0.775. The third-order valence-corrected chi connectivity index (χ3v) is 3.06. The molecular formula is C14H12ClF2NO. The smallest absolute Gasteiger partial charge is 0.181 e. The van der Waals surface area contributed by atoms with Crippen LogP contribution in [0.25, 0.3) is 0 Å². The molecule has 0 spiro atoms. The number of methoxy groups -OCH3 is 1. The maximum absolute atomic E-state index is 13.5. The van der Waals surface area contributed by atoms with Gasteiger partial charge >= 0.3 is 0 Å². The van der Waals surface area contributed by atoms with Crippen LogP contribution in [0, 0.1) is 11.6 Å². The number of hydrogen-bond donors (Lipinski definition) is 1. The zero-order valence-electron chi connectivity index (χ0n) is 10.2. The highest BCUT2D eigenvalue weighted by atomic mass is 35.5. The molecule has 2 rings (SSSR count). The second-order valence-electron chi connectivity index (χ2n) is 3.88. The molecule has 100 valence electrons. The fourth-order valence-electron chi connectivity index (χ4n) is 1.73. The first-order valence-corrected chi connectivity index (χ1v) is 6.00. The van der Waals surface area contributed by atoms with Crippen LogP contribution in [0.15, 0.2) is 36.4 Å². The monoisotopic (exact) mass is 283 g/mol. The molecule has 5 heteroatoms. The van der Waals surface area contributed by atoms with Crippen molar-refractivity contribution in [1.29, 1.82) is 0 Å². The van der Waals surface area contributed by atoms with Gasteiger partial charge in [-0.15, -0.1) is 0 Å². The summed E-state index contributed by atoms with van der Waals surface area (Å²) in [4.78, 5) is 0. The second kappa shape index (κ2) is 5.89. The van der Waals surface area contributed by atoms with E-state index in [-0.39, 0.29) is 12.2 Å². The Morgan fingerprint density at radius 2 is 1.89 bits per heavy atom. The Bertz CT molecular complexity index is 590. The minimum atomic E-state index is -0.909. The van der Waals surface area contributed by atoms with Gasteiger partial charge in [0.15, 0.2) is 11.6 Å². The molecule has 0 saturated carbocycles. The minimum Gasteiger partial charge on any atom is -0.496 e. The normalized spacial score (nSPS) is 10.3. The molecule has 0 bridgehead atoms. The Hall–Kier alpha value is -1.81. The van der Waals surface area contributed by atoms with Crippen LogP contribution in [0.4, 0.5) is 14.5 Å². The third kappa shape index (κ3) is 2.96.